The van der Waals surface area contributed by atoms with Crippen molar-refractivity contribution >= 4 is 16.8 Å². The van der Waals surface area contributed by atoms with E-state index in [0.29, 0.717) is 11.1 Å². The van der Waals surface area contributed by atoms with Crippen LogP contribution in [0.3, 0.4) is 0 Å². The monoisotopic (exact) mass is 328 g/mol. The van der Waals surface area contributed by atoms with Crippen LogP contribution in [0.1, 0.15) is 27.6 Å². The van der Waals surface area contributed by atoms with Gasteiger partial charge in [-0.2, -0.15) is 0 Å². The highest BCUT2D eigenvalue weighted by Crippen LogP contribution is 2.33. The number of hydrogen-bond acceptors (Lipinski definition) is 3. The third kappa shape index (κ3) is 2.83. The van der Waals surface area contributed by atoms with Crippen LogP contribution in [0.4, 0.5) is 8.78 Å². The molecule has 0 bridgehead atoms. The molecule has 3 rings (SSSR count). The van der Waals surface area contributed by atoms with E-state index in [2.05, 4.69) is 4.98 Å². The van der Waals surface area contributed by atoms with Crippen molar-refractivity contribution in [3.8, 4) is 0 Å². The average Bonchev–Trinajstić information content (AvgIpc) is 2.54. The van der Waals surface area contributed by atoms with Gasteiger partial charge in [0.2, 0.25) is 5.91 Å². The molecule has 1 atom stereocenters. The maximum atomic E-state index is 13.6. The first kappa shape index (κ1) is 16.0. The average molecular weight is 328 g/mol. The van der Waals surface area contributed by atoms with Gasteiger partial charge in [-0.1, -0.05) is 12.1 Å². The minimum atomic E-state index is -0.892. The lowest BCUT2D eigenvalue weighted by Crippen LogP contribution is -2.18. The molecule has 0 saturated heterocycles. The number of fused-ring (bicyclic) bond motifs is 1. The van der Waals surface area contributed by atoms with E-state index in [9.17, 15) is 13.6 Å². The number of nitrogens with zero attached hydrogens (tertiary/aromatic N) is 1. The number of carbonyl (C=O) groups is 1. The van der Waals surface area contributed by atoms with Crippen molar-refractivity contribution in [2.75, 3.05) is 7.11 Å². The number of methoxy groups -OCH3 is 1. The summed E-state index contributed by atoms with van der Waals surface area (Å²) in [7, 11) is 1.39. The molecule has 0 fully saturated rings. The molecule has 2 N–H and O–H groups in total. The second-order valence-corrected chi connectivity index (χ2v) is 5.28. The molecule has 0 aliphatic carbocycles. The number of benzene rings is 2. The summed E-state index contributed by atoms with van der Waals surface area (Å²) in [6.45, 7) is 0. The standard InChI is InChI=1S/C18H14F2N2O2/c1-24-17(11-7-12(19)9-13(20)8-11)15-14(18(21)23)5-4-10-3-2-6-22-16(10)15/h2-9,17H,1H3,(H2,21,23). The van der Waals surface area contributed by atoms with Gasteiger partial charge >= 0.3 is 0 Å². The molecule has 4 nitrogen and oxygen atoms in total. The Hall–Kier alpha value is -2.86. The van der Waals surface area contributed by atoms with Gasteiger partial charge in [-0.05, 0) is 29.8 Å². The SMILES string of the molecule is COC(c1cc(F)cc(F)c1)c1c(C(N)=O)ccc2cccnc12. The Bertz CT molecular complexity index is 908. The summed E-state index contributed by atoms with van der Waals surface area (Å²) < 4.78 is 32.7. The van der Waals surface area contributed by atoms with Crippen molar-refractivity contribution < 1.29 is 18.3 Å². The molecule has 0 radical (unpaired) electrons. The lowest BCUT2D eigenvalue weighted by Gasteiger charge is -2.20. The summed E-state index contributed by atoms with van der Waals surface area (Å²) in [5.41, 5.74) is 6.76. The van der Waals surface area contributed by atoms with Gasteiger partial charge in [0.05, 0.1) is 5.52 Å². The molecule has 1 aromatic heterocycles. The molecule has 0 aliphatic heterocycles. The van der Waals surface area contributed by atoms with Crippen LogP contribution in [0.2, 0.25) is 0 Å². The Kier molecular flexibility index (Phi) is 4.22. The number of nitrogens with two attached hydrogens (primary N) is 1. The molecule has 3 aromatic rings. The van der Waals surface area contributed by atoms with Crippen molar-refractivity contribution in [1.82, 2.24) is 4.98 Å². The predicted molar refractivity (Wildman–Crippen MR) is 85.5 cm³/mol. The van der Waals surface area contributed by atoms with Crippen LogP contribution in [-0.4, -0.2) is 18.0 Å². The summed E-state index contributed by atoms with van der Waals surface area (Å²) in [5, 5.41) is 0.761. The number of primary amides is 1. The molecule has 1 heterocycles. The maximum absolute atomic E-state index is 13.6. The van der Waals surface area contributed by atoms with Crippen LogP contribution in [0.25, 0.3) is 10.9 Å². The molecule has 122 valence electrons. The number of amides is 1. The molecule has 1 unspecified atom stereocenters. The van der Waals surface area contributed by atoms with E-state index < -0.39 is 23.6 Å². The number of hydrogen-bond donors (Lipinski definition) is 1. The molecule has 0 spiro atoms. The van der Waals surface area contributed by atoms with E-state index >= 15 is 0 Å². The van der Waals surface area contributed by atoms with Crippen LogP contribution >= 0.6 is 0 Å². The fraction of sp³-hybridized carbons (Fsp3) is 0.111. The van der Waals surface area contributed by atoms with Crippen molar-refractivity contribution in [3.63, 3.8) is 0 Å². The number of rotatable bonds is 4. The van der Waals surface area contributed by atoms with E-state index in [-0.39, 0.29) is 11.1 Å². The highest BCUT2D eigenvalue weighted by atomic mass is 19.1. The Balaban J connectivity index is 2.32. The molecule has 0 aliphatic rings. The Morgan fingerprint density at radius 1 is 1.17 bits per heavy atom. The zero-order chi connectivity index (χ0) is 17.3. The van der Waals surface area contributed by atoms with Crippen molar-refractivity contribution in [3.05, 3.63) is 77.0 Å². The third-order valence-electron chi connectivity index (χ3n) is 3.76. The van der Waals surface area contributed by atoms with Crippen molar-refractivity contribution in [1.29, 1.82) is 0 Å². The van der Waals surface area contributed by atoms with Crippen molar-refractivity contribution in [2.24, 2.45) is 5.73 Å². The van der Waals surface area contributed by atoms with Gasteiger partial charge in [0.1, 0.15) is 17.7 Å². The second-order valence-electron chi connectivity index (χ2n) is 5.28. The minimum absolute atomic E-state index is 0.192. The number of aromatic nitrogens is 1. The van der Waals surface area contributed by atoms with E-state index in [0.717, 1.165) is 23.6 Å². The first-order valence-electron chi connectivity index (χ1n) is 7.17. The van der Waals surface area contributed by atoms with Crippen molar-refractivity contribution in [2.45, 2.75) is 6.10 Å². The Labute approximate surface area is 136 Å². The highest BCUT2D eigenvalue weighted by Gasteiger charge is 2.24. The summed E-state index contributed by atoms with van der Waals surface area (Å²) in [5.74, 6) is -2.14. The zero-order valence-corrected chi connectivity index (χ0v) is 12.8. The Morgan fingerprint density at radius 2 is 1.88 bits per heavy atom. The summed E-state index contributed by atoms with van der Waals surface area (Å²) >= 11 is 0. The number of pyridine rings is 1. The molecule has 6 heteroatoms. The number of carbonyl (C=O) groups excluding carboxylic acids is 1. The highest BCUT2D eigenvalue weighted by molar-refractivity contribution is 6.00. The first-order valence-corrected chi connectivity index (χ1v) is 7.17. The van der Waals surface area contributed by atoms with Crippen LogP contribution in [0, 0.1) is 11.6 Å². The predicted octanol–water partition coefficient (Wildman–Crippen LogP) is 3.35. The number of ether oxygens (including phenoxy) is 1. The fourth-order valence-corrected chi connectivity index (χ4v) is 2.80. The normalized spacial score (nSPS) is 12.3. The minimum Gasteiger partial charge on any atom is -0.372 e. The molecular weight excluding hydrogens is 314 g/mol. The molecule has 1 amide bonds. The van der Waals surface area contributed by atoms with Gasteiger partial charge in [0.25, 0.3) is 0 Å². The molecule has 24 heavy (non-hydrogen) atoms. The molecular formula is C18H14F2N2O2. The van der Waals surface area contributed by atoms with Crippen LogP contribution in [-0.2, 0) is 4.74 Å². The zero-order valence-electron chi connectivity index (χ0n) is 12.8. The third-order valence-corrected chi connectivity index (χ3v) is 3.76. The summed E-state index contributed by atoms with van der Waals surface area (Å²) in [4.78, 5) is 16.1. The van der Waals surface area contributed by atoms with Crippen LogP contribution in [0.15, 0.2) is 48.7 Å². The molecule has 0 saturated carbocycles. The fourth-order valence-electron chi connectivity index (χ4n) is 2.80. The largest absolute Gasteiger partial charge is 0.372 e. The van der Waals surface area contributed by atoms with E-state index in [1.54, 1.807) is 24.4 Å². The van der Waals surface area contributed by atoms with Crippen LogP contribution in [0.5, 0.6) is 0 Å². The summed E-state index contributed by atoms with van der Waals surface area (Å²) in [6.07, 6.45) is 0.673. The quantitative estimate of drug-likeness (QED) is 0.799. The maximum Gasteiger partial charge on any atom is 0.249 e. The Morgan fingerprint density at radius 3 is 2.50 bits per heavy atom. The van der Waals surface area contributed by atoms with Gasteiger partial charge in [0, 0.05) is 35.9 Å². The van der Waals surface area contributed by atoms with Gasteiger partial charge < -0.3 is 10.5 Å². The summed E-state index contributed by atoms with van der Waals surface area (Å²) in [6, 6.07) is 9.92. The van der Waals surface area contributed by atoms with E-state index in [4.69, 9.17) is 10.5 Å². The smallest absolute Gasteiger partial charge is 0.249 e. The van der Waals surface area contributed by atoms with Gasteiger partial charge in [-0.15, -0.1) is 0 Å². The van der Waals surface area contributed by atoms with E-state index in [1.165, 1.54) is 7.11 Å². The van der Waals surface area contributed by atoms with Gasteiger partial charge in [-0.3, -0.25) is 9.78 Å². The van der Waals surface area contributed by atoms with Crippen LogP contribution < -0.4 is 5.73 Å². The van der Waals surface area contributed by atoms with Gasteiger partial charge in [-0.25, -0.2) is 8.78 Å². The molecule has 2 aromatic carbocycles. The second kappa shape index (κ2) is 6.33. The van der Waals surface area contributed by atoms with E-state index in [1.807, 2.05) is 6.07 Å². The van der Waals surface area contributed by atoms with Gasteiger partial charge in [0.15, 0.2) is 0 Å². The lowest BCUT2D eigenvalue weighted by molar-refractivity contribution is 0.0988. The lowest BCUT2D eigenvalue weighted by atomic mass is 9.93. The first-order chi connectivity index (χ1) is 11.5. The topological polar surface area (TPSA) is 65.2 Å². The number of halogens is 2.